The van der Waals surface area contributed by atoms with Crippen LogP contribution in [0.15, 0.2) is 18.2 Å². The van der Waals surface area contributed by atoms with Crippen LogP contribution in [-0.2, 0) is 6.42 Å². The lowest BCUT2D eigenvalue weighted by atomic mass is 10.1. The van der Waals surface area contributed by atoms with E-state index < -0.39 is 0 Å². The van der Waals surface area contributed by atoms with Gasteiger partial charge in [-0.1, -0.05) is 0 Å². The van der Waals surface area contributed by atoms with E-state index in [4.69, 9.17) is 9.84 Å². The minimum atomic E-state index is -0.314. The van der Waals surface area contributed by atoms with Crippen molar-refractivity contribution < 1.29 is 14.6 Å². The summed E-state index contributed by atoms with van der Waals surface area (Å²) in [5, 5.41) is 14.2. The number of hydrogen-bond donors (Lipinski definition) is 3. The van der Waals surface area contributed by atoms with Crippen molar-refractivity contribution in [2.45, 2.75) is 19.4 Å². The Morgan fingerprint density at radius 1 is 1.59 bits per heavy atom. The van der Waals surface area contributed by atoms with Crippen LogP contribution in [0.25, 0.3) is 0 Å². The van der Waals surface area contributed by atoms with Crippen molar-refractivity contribution in [3.8, 4) is 5.75 Å². The van der Waals surface area contributed by atoms with Gasteiger partial charge in [0.25, 0.3) is 0 Å². The summed E-state index contributed by atoms with van der Waals surface area (Å²) in [5.41, 5.74) is 1.84. The van der Waals surface area contributed by atoms with Gasteiger partial charge in [0.1, 0.15) is 5.75 Å². The first kappa shape index (κ1) is 11.7. The Morgan fingerprint density at radius 3 is 3.18 bits per heavy atom. The predicted octanol–water partition coefficient (Wildman–Crippen LogP) is 1.12. The number of nitrogens with one attached hydrogen (secondary N) is 2. The summed E-state index contributed by atoms with van der Waals surface area (Å²) in [7, 11) is 0. The maximum atomic E-state index is 11.5. The third-order valence-electron chi connectivity index (χ3n) is 2.60. The lowest BCUT2D eigenvalue weighted by molar-refractivity contribution is 0.229. The fraction of sp³-hybridized carbons (Fsp3) is 0.417. The minimum Gasteiger partial charge on any atom is -0.493 e. The van der Waals surface area contributed by atoms with Crippen LogP contribution in [0.4, 0.5) is 10.5 Å². The molecule has 1 atom stereocenters. The zero-order valence-electron chi connectivity index (χ0n) is 9.69. The number of rotatable bonds is 3. The molecule has 0 bridgehead atoms. The van der Waals surface area contributed by atoms with Gasteiger partial charge in [0, 0.05) is 12.1 Å². The Hall–Kier alpha value is -1.75. The van der Waals surface area contributed by atoms with Crippen LogP contribution >= 0.6 is 0 Å². The summed E-state index contributed by atoms with van der Waals surface area (Å²) in [6.45, 7) is 2.36. The fourth-order valence-corrected chi connectivity index (χ4v) is 1.70. The van der Waals surface area contributed by atoms with Gasteiger partial charge in [0.15, 0.2) is 0 Å². The summed E-state index contributed by atoms with van der Waals surface area (Å²) in [4.78, 5) is 11.5. The molecule has 0 saturated carbocycles. The number of aliphatic hydroxyl groups excluding tert-OH is 1. The Balaban J connectivity index is 1.97. The lowest BCUT2D eigenvalue weighted by Gasteiger charge is -2.12. The first-order chi connectivity index (χ1) is 8.19. The molecule has 0 spiro atoms. The maximum Gasteiger partial charge on any atom is 0.319 e. The summed E-state index contributed by atoms with van der Waals surface area (Å²) >= 11 is 0. The van der Waals surface area contributed by atoms with Gasteiger partial charge in [-0.3, -0.25) is 0 Å². The molecule has 0 aliphatic carbocycles. The van der Waals surface area contributed by atoms with Crippen molar-refractivity contribution in [1.82, 2.24) is 5.32 Å². The number of urea groups is 1. The zero-order chi connectivity index (χ0) is 12.3. The second-order valence-corrected chi connectivity index (χ2v) is 4.10. The Morgan fingerprint density at radius 2 is 2.41 bits per heavy atom. The molecule has 0 aromatic heterocycles. The molecule has 92 valence electrons. The van der Waals surface area contributed by atoms with Crippen molar-refractivity contribution >= 4 is 11.7 Å². The van der Waals surface area contributed by atoms with E-state index >= 15 is 0 Å². The molecule has 17 heavy (non-hydrogen) atoms. The molecular formula is C12H16N2O3. The quantitative estimate of drug-likeness (QED) is 0.736. The molecule has 5 heteroatoms. The molecule has 2 rings (SSSR count). The van der Waals surface area contributed by atoms with Crippen LogP contribution in [0.3, 0.4) is 0 Å². The number of amides is 2. The van der Waals surface area contributed by atoms with Crippen LogP contribution in [0.5, 0.6) is 5.75 Å². The molecule has 1 heterocycles. The smallest absolute Gasteiger partial charge is 0.319 e. The standard InChI is InChI=1S/C12H16N2O3/c1-8(7-15)13-12(16)14-10-2-3-11-9(6-10)4-5-17-11/h2-3,6,8,15H,4-5,7H2,1H3,(H2,13,14,16)/t8-/m1/s1. The van der Waals surface area contributed by atoms with Crippen molar-refractivity contribution in [3.05, 3.63) is 23.8 Å². The third kappa shape index (κ3) is 2.88. The van der Waals surface area contributed by atoms with Crippen LogP contribution in [-0.4, -0.2) is 30.4 Å². The van der Waals surface area contributed by atoms with Crippen molar-refractivity contribution in [3.63, 3.8) is 0 Å². The average molecular weight is 236 g/mol. The molecule has 0 radical (unpaired) electrons. The highest BCUT2D eigenvalue weighted by Crippen LogP contribution is 2.27. The molecule has 2 amide bonds. The third-order valence-corrected chi connectivity index (χ3v) is 2.60. The van der Waals surface area contributed by atoms with Crippen LogP contribution in [0, 0.1) is 0 Å². The van der Waals surface area contributed by atoms with Gasteiger partial charge >= 0.3 is 6.03 Å². The van der Waals surface area contributed by atoms with Crippen molar-refractivity contribution in [1.29, 1.82) is 0 Å². The Labute approximate surface area is 99.8 Å². The summed E-state index contributed by atoms with van der Waals surface area (Å²) in [6, 6.07) is 4.99. The molecule has 1 aliphatic heterocycles. The second-order valence-electron chi connectivity index (χ2n) is 4.10. The fourth-order valence-electron chi connectivity index (χ4n) is 1.70. The van der Waals surface area contributed by atoms with Gasteiger partial charge in [-0.05, 0) is 30.7 Å². The summed E-state index contributed by atoms with van der Waals surface area (Å²) in [6.07, 6.45) is 0.875. The van der Waals surface area contributed by atoms with Gasteiger partial charge in [-0.2, -0.15) is 0 Å². The van der Waals surface area contributed by atoms with E-state index in [9.17, 15) is 4.79 Å². The van der Waals surface area contributed by atoms with Crippen molar-refractivity contribution in [2.75, 3.05) is 18.5 Å². The Bertz CT molecular complexity index is 420. The van der Waals surface area contributed by atoms with Gasteiger partial charge in [0.2, 0.25) is 0 Å². The lowest BCUT2D eigenvalue weighted by Crippen LogP contribution is -2.38. The largest absolute Gasteiger partial charge is 0.493 e. The van der Waals surface area contributed by atoms with Crippen LogP contribution in [0.2, 0.25) is 0 Å². The summed E-state index contributed by atoms with van der Waals surface area (Å²) < 4.78 is 5.38. The SMILES string of the molecule is C[C@H](CO)NC(=O)Nc1ccc2c(c1)CCO2. The molecular weight excluding hydrogens is 220 g/mol. The highest BCUT2D eigenvalue weighted by Gasteiger charge is 2.13. The molecule has 1 aliphatic rings. The molecule has 1 aromatic rings. The van der Waals surface area contributed by atoms with E-state index in [1.807, 2.05) is 12.1 Å². The molecule has 1 aromatic carbocycles. The molecule has 0 unspecified atom stereocenters. The Kier molecular flexibility index (Phi) is 3.49. The second kappa shape index (κ2) is 5.05. The number of hydrogen-bond acceptors (Lipinski definition) is 3. The van der Waals surface area contributed by atoms with Crippen LogP contribution in [0.1, 0.15) is 12.5 Å². The zero-order valence-corrected chi connectivity index (χ0v) is 9.69. The highest BCUT2D eigenvalue weighted by atomic mass is 16.5. The van der Waals surface area contributed by atoms with E-state index in [0.717, 1.165) is 23.4 Å². The van der Waals surface area contributed by atoms with E-state index in [2.05, 4.69) is 10.6 Å². The summed E-state index contributed by atoms with van der Waals surface area (Å²) in [5.74, 6) is 0.889. The predicted molar refractivity (Wildman–Crippen MR) is 64.3 cm³/mol. The number of aliphatic hydroxyl groups is 1. The van der Waals surface area contributed by atoms with Gasteiger partial charge in [0.05, 0.1) is 19.3 Å². The highest BCUT2D eigenvalue weighted by molar-refractivity contribution is 5.89. The number of ether oxygens (including phenoxy) is 1. The average Bonchev–Trinajstić information content (AvgIpc) is 2.75. The molecule has 5 nitrogen and oxygen atoms in total. The minimum absolute atomic E-state index is 0.0779. The normalized spacial score (nSPS) is 14.7. The first-order valence-corrected chi connectivity index (χ1v) is 5.63. The number of fused-ring (bicyclic) bond motifs is 1. The van der Waals surface area contributed by atoms with E-state index in [0.29, 0.717) is 6.61 Å². The van der Waals surface area contributed by atoms with Gasteiger partial charge in [-0.25, -0.2) is 4.79 Å². The van der Waals surface area contributed by atoms with Gasteiger partial charge < -0.3 is 20.5 Å². The molecule has 0 fully saturated rings. The van der Waals surface area contributed by atoms with Crippen LogP contribution < -0.4 is 15.4 Å². The number of benzene rings is 1. The van der Waals surface area contributed by atoms with Crippen molar-refractivity contribution in [2.24, 2.45) is 0 Å². The first-order valence-electron chi connectivity index (χ1n) is 5.63. The van der Waals surface area contributed by atoms with E-state index in [-0.39, 0.29) is 18.7 Å². The van der Waals surface area contributed by atoms with E-state index in [1.165, 1.54) is 0 Å². The molecule has 0 saturated heterocycles. The van der Waals surface area contributed by atoms with E-state index in [1.54, 1.807) is 13.0 Å². The number of anilines is 1. The maximum absolute atomic E-state index is 11.5. The topological polar surface area (TPSA) is 70.6 Å². The number of carbonyl (C=O) groups is 1. The van der Waals surface area contributed by atoms with Gasteiger partial charge in [-0.15, -0.1) is 0 Å². The monoisotopic (exact) mass is 236 g/mol. The molecule has 3 N–H and O–H groups in total. The number of carbonyl (C=O) groups excluding carboxylic acids is 1.